The zero-order valence-electron chi connectivity index (χ0n) is 11.5. The van der Waals surface area contributed by atoms with Gasteiger partial charge in [0.15, 0.2) is 0 Å². The van der Waals surface area contributed by atoms with Crippen LogP contribution in [0.25, 0.3) is 0 Å². The van der Waals surface area contributed by atoms with E-state index in [1.165, 1.54) is 0 Å². The number of ether oxygens (including phenoxy) is 1. The number of aryl methyl sites for hydroxylation is 1. The quantitative estimate of drug-likeness (QED) is 0.869. The first-order valence-electron chi connectivity index (χ1n) is 6.41. The van der Waals surface area contributed by atoms with Crippen LogP contribution in [0.3, 0.4) is 0 Å². The van der Waals surface area contributed by atoms with Crippen molar-refractivity contribution in [2.24, 2.45) is 0 Å². The molecule has 6 heteroatoms. The minimum absolute atomic E-state index is 0.185. The topological polar surface area (TPSA) is 73.1 Å². The van der Waals surface area contributed by atoms with Gasteiger partial charge in [0.2, 0.25) is 11.8 Å². The monoisotopic (exact) mass is 336 g/mol. The lowest BCUT2D eigenvalue weighted by Gasteiger charge is -2.10. The summed E-state index contributed by atoms with van der Waals surface area (Å²) in [5, 5.41) is 3.16. The zero-order chi connectivity index (χ0) is 14.5. The van der Waals surface area contributed by atoms with E-state index in [1.807, 2.05) is 25.1 Å². The van der Waals surface area contributed by atoms with Gasteiger partial charge >= 0.3 is 0 Å². The van der Waals surface area contributed by atoms with Crippen LogP contribution < -0.4 is 15.8 Å². The van der Waals surface area contributed by atoms with Gasteiger partial charge in [-0.25, -0.2) is 0 Å². The third-order valence-corrected chi connectivity index (χ3v) is 3.20. The molecule has 2 aromatic rings. The lowest BCUT2D eigenvalue weighted by molar-refractivity contribution is 0.460. The summed E-state index contributed by atoms with van der Waals surface area (Å²) in [6, 6.07) is 7.58. The van der Waals surface area contributed by atoms with E-state index in [9.17, 15) is 0 Å². The van der Waals surface area contributed by atoms with Crippen LogP contribution in [0.5, 0.6) is 11.6 Å². The van der Waals surface area contributed by atoms with Crippen LogP contribution in [0, 0.1) is 6.92 Å². The Morgan fingerprint density at radius 1 is 1.30 bits per heavy atom. The highest BCUT2D eigenvalue weighted by Crippen LogP contribution is 2.30. The molecule has 0 saturated carbocycles. The molecule has 0 bridgehead atoms. The van der Waals surface area contributed by atoms with E-state index in [1.54, 1.807) is 6.07 Å². The molecular formula is C14H17BrN4O. The fourth-order valence-corrected chi connectivity index (χ4v) is 2.21. The molecular weight excluding hydrogens is 320 g/mol. The molecule has 0 aliphatic carbocycles. The van der Waals surface area contributed by atoms with Crippen LogP contribution in [0.4, 0.5) is 11.8 Å². The smallest absolute Gasteiger partial charge is 0.226 e. The van der Waals surface area contributed by atoms with Crippen LogP contribution in [-0.4, -0.2) is 16.5 Å². The third kappa shape index (κ3) is 3.84. The van der Waals surface area contributed by atoms with Gasteiger partial charge in [-0.1, -0.05) is 13.0 Å². The summed E-state index contributed by atoms with van der Waals surface area (Å²) in [5.74, 6) is 1.96. The molecule has 0 aliphatic heterocycles. The molecule has 0 unspecified atom stereocenters. The van der Waals surface area contributed by atoms with E-state index in [0.29, 0.717) is 17.4 Å². The fraction of sp³-hybridized carbons (Fsp3) is 0.286. The molecule has 3 N–H and O–H groups in total. The fourth-order valence-electron chi connectivity index (χ4n) is 1.64. The Balaban J connectivity index is 2.21. The molecule has 0 radical (unpaired) electrons. The second-order valence-corrected chi connectivity index (χ2v) is 5.27. The number of nitrogen functional groups attached to an aromatic ring is 1. The maximum absolute atomic E-state index is 5.75. The summed E-state index contributed by atoms with van der Waals surface area (Å²) in [7, 11) is 0. The number of halogens is 1. The van der Waals surface area contributed by atoms with Gasteiger partial charge in [0.1, 0.15) is 11.6 Å². The van der Waals surface area contributed by atoms with Gasteiger partial charge in [-0.2, -0.15) is 9.97 Å². The Hall–Kier alpha value is -1.82. The summed E-state index contributed by atoms with van der Waals surface area (Å²) in [5.41, 5.74) is 6.84. The minimum atomic E-state index is 0.185. The Labute approximate surface area is 126 Å². The molecule has 0 spiro atoms. The molecule has 20 heavy (non-hydrogen) atoms. The predicted molar refractivity (Wildman–Crippen MR) is 84.2 cm³/mol. The van der Waals surface area contributed by atoms with Crippen molar-refractivity contribution in [3.63, 3.8) is 0 Å². The summed E-state index contributed by atoms with van der Waals surface area (Å²) in [6.07, 6.45) is 1.00. The Morgan fingerprint density at radius 3 is 2.80 bits per heavy atom. The number of aromatic nitrogens is 2. The highest BCUT2D eigenvalue weighted by Gasteiger charge is 2.07. The van der Waals surface area contributed by atoms with Gasteiger partial charge in [0, 0.05) is 12.6 Å². The molecule has 1 aromatic carbocycles. The van der Waals surface area contributed by atoms with Crippen LogP contribution in [-0.2, 0) is 0 Å². The standard InChI is InChI=1S/C14H17BrN4O/c1-3-6-17-12-8-13(19-14(16)18-12)20-11-5-4-9(2)7-10(11)15/h4-5,7-8H,3,6H2,1-2H3,(H3,16,17,18,19). The lowest BCUT2D eigenvalue weighted by Crippen LogP contribution is -2.05. The van der Waals surface area contributed by atoms with E-state index >= 15 is 0 Å². The van der Waals surface area contributed by atoms with Crippen molar-refractivity contribution in [2.75, 3.05) is 17.6 Å². The molecule has 0 saturated heterocycles. The van der Waals surface area contributed by atoms with Crippen LogP contribution in [0.15, 0.2) is 28.7 Å². The first kappa shape index (κ1) is 14.6. The second-order valence-electron chi connectivity index (χ2n) is 4.41. The van der Waals surface area contributed by atoms with E-state index in [4.69, 9.17) is 10.5 Å². The van der Waals surface area contributed by atoms with Crippen molar-refractivity contribution in [3.05, 3.63) is 34.3 Å². The zero-order valence-corrected chi connectivity index (χ0v) is 13.1. The summed E-state index contributed by atoms with van der Waals surface area (Å²) in [6.45, 7) is 4.92. The molecule has 1 aromatic heterocycles. The van der Waals surface area contributed by atoms with Gasteiger partial charge in [-0.15, -0.1) is 0 Å². The predicted octanol–water partition coefficient (Wildman–Crippen LogP) is 3.74. The van der Waals surface area contributed by atoms with Crippen molar-refractivity contribution in [1.29, 1.82) is 0 Å². The number of nitrogens with zero attached hydrogens (tertiary/aromatic N) is 2. The number of nitrogens with one attached hydrogen (secondary N) is 1. The van der Waals surface area contributed by atoms with Gasteiger partial charge in [-0.05, 0) is 47.0 Å². The molecule has 1 heterocycles. The average Bonchev–Trinajstić information content (AvgIpc) is 2.39. The Morgan fingerprint density at radius 2 is 2.10 bits per heavy atom. The highest BCUT2D eigenvalue weighted by atomic mass is 79.9. The Bertz CT molecular complexity index is 604. The Kier molecular flexibility index (Phi) is 4.79. The third-order valence-electron chi connectivity index (χ3n) is 2.58. The van der Waals surface area contributed by atoms with Crippen molar-refractivity contribution in [2.45, 2.75) is 20.3 Å². The first-order chi connectivity index (χ1) is 9.58. The van der Waals surface area contributed by atoms with Gasteiger partial charge in [0.05, 0.1) is 4.47 Å². The van der Waals surface area contributed by atoms with Crippen molar-refractivity contribution in [1.82, 2.24) is 9.97 Å². The largest absolute Gasteiger partial charge is 0.438 e. The number of hydrogen-bond acceptors (Lipinski definition) is 5. The molecule has 2 rings (SSSR count). The van der Waals surface area contributed by atoms with Crippen LogP contribution >= 0.6 is 15.9 Å². The SMILES string of the molecule is CCCNc1cc(Oc2ccc(C)cc2Br)nc(N)n1. The lowest BCUT2D eigenvalue weighted by atomic mass is 10.2. The molecule has 0 atom stereocenters. The normalized spacial score (nSPS) is 10.3. The second kappa shape index (κ2) is 6.56. The number of rotatable bonds is 5. The van der Waals surface area contributed by atoms with E-state index in [-0.39, 0.29) is 5.95 Å². The van der Waals surface area contributed by atoms with E-state index in [2.05, 4.69) is 38.1 Å². The first-order valence-corrected chi connectivity index (χ1v) is 7.20. The molecule has 0 aliphatic rings. The number of hydrogen-bond donors (Lipinski definition) is 2. The summed E-state index contributed by atoms with van der Waals surface area (Å²) >= 11 is 3.47. The number of nitrogens with two attached hydrogens (primary N) is 1. The van der Waals surface area contributed by atoms with Crippen molar-refractivity contribution < 1.29 is 4.74 Å². The van der Waals surface area contributed by atoms with Crippen molar-refractivity contribution >= 4 is 27.7 Å². The highest BCUT2D eigenvalue weighted by molar-refractivity contribution is 9.10. The maximum atomic E-state index is 5.75. The van der Waals surface area contributed by atoms with E-state index < -0.39 is 0 Å². The van der Waals surface area contributed by atoms with Crippen molar-refractivity contribution in [3.8, 4) is 11.6 Å². The number of anilines is 2. The maximum Gasteiger partial charge on any atom is 0.226 e. The molecule has 5 nitrogen and oxygen atoms in total. The van der Waals surface area contributed by atoms with Crippen LogP contribution in [0.2, 0.25) is 0 Å². The molecule has 106 valence electrons. The number of benzene rings is 1. The van der Waals surface area contributed by atoms with E-state index in [0.717, 1.165) is 23.0 Å². The van der Waals surface area contributed by atoms with Crippen LogP contribution in [0.1, 0.15) is 18.9 Å². The average molecular weight is 337 g/mol. The summed E-state index contributed by atoms with van der Waals surface area (Å²) in [4.78, 5) is 8.20. The minimum Gasteiger partial charge on any atom is -0.438 e. The van der Waals surface area contributed by atoms with Gasteiger partial charge in [0.25, 0.3) is 0 Å². The van der Waals surface area contributed by atoms with Gasteiger partial charge in [-0.3, -0.25) is 0 Å². The molecule has 0 fully saturated rings. The molecule has 0 amide bonds. The van der Waals surface area contributed by atoms with Gasteiger partial charge < -0.3 is 15.8 Å². The summed E-state index contributed by atoms with van der Waals surface area (Å²) < 4.78 is 6.62.